The number of hydrogen-bond donors (Lipinski definition) is 0. The molecule has 0 saturated heterocycles. The summed E-state index contributed by atoms with van der Waals surface area (Å²) < 4.78 is 5.22. The molecule has 2 heterocycles. The Morgan fingerprint density at radius 3 is 2.39 bits per heavy atom. The van der Waals surface area contributed by atoms with E-state index in [1.165, 1.54) is 29.6 Å². The topological polar surface area (TPSA) is 17.1 Å². The Morgan fingerprint density at radius 2 is 1.56 bits per heavy atom. The van der Waals surface area contributed by atoms with Crippen molar-refractivity contribution in [3.63, 3.8) is 0 Å². The average molecular weight is 268 g/mol. The van der Waals surface area contributed by atoms with Gasteiger partial charge in [0.05, 0.1) is 9.40 Å². The first-order valence-electron chi connectivity index (χ1n) is 5.66. The van der Waals surface area contributed by atoms with Gasteiger partial charge in [0.25, 0.3) is 0 Å². The van der Waals surface area contributed by atoms with Crippen LogP contribution >= 0.6 is 22.7 Å². The van der Waals surface area contributed by atoms with E-state index in [4.69, 9.17) is 0 Å². The van der Waals surface area contributed by atoms with Crippen molar-refractivity contribution in [3.05, 3.63) is 48.0 Å². The average Bonchev–Trinajstić information content (AvgIpc) is 2.93. The molecule has 0 N–H and O–H groups in total. The molecule has 0 spiro atoms. The molecule has 1 nitrogen and oxygen atoms in total. The lowest BCUT2D eigenvalue weighted by Gasteiger charge is -1.91. The van der Waals surface area contributed by atoms with Gasteiger partial charge in [0.15, 0.2) is 0 Å². The fourth-order valence-electron chi connectivity index (χ4n) is 2.29. The van der Waals surface area contributed by atoms with Crippen LogP contribution in [0.15, 0.2) is 42.5 Å². The second kappa shape index (κ2) is 3.64. The molecule has 0 saturated carbocycles. The molecule has 0 unspecified atom stereocenters. The lowest BCUT2D eigenvalue weighted by atomic mass is 10.2. The molecule has 0 bridgehead atoms. The van der Waals surface area contributed by atoms with Crippen molar-refractivity contribution in [1.82, 2.24) is 0 Å². The molecular formula is C15H8OS2. The second-order valence-electron chi connectivity index (χ2n) is 4.23. The zero-order valence-electron chi connectivity index (χ0n) is 9.34. The van der Waals surface area contributed by atoms with Crippen molar-refractivity contribution in [2.75, 3.05) is 0 Å². The van der Waals surface area contributed by atoms with Crippen LogP contribution in [0.25, 0.3) is 29.6 Å². The van der Waals surface area contributed by atoms with Gasteiger partial charge < -0.3 is 0 Å². The molecule has 0 aliphatic rings. The third kappa shape index (κ3) is 1.29. The summed E-state index contributed by atoms with van der Waals surface area (Å²) in [5.41, 5.74) is 0.751. The largest absolute Gasteiger partial charge is 0.298 e. The van der Waals surface area contributed by atoms with Crippen LogP contribution in [0.3, 0.4) is 0 Å². The maximum Gasteiger partial charge on any atom is 0.150 e. The van der Waals surface area contributed by atoms with Gasteiger partial charge >= 0.3 is 0 Å². The van der Waals surface area contributed by atoms with Crippen molar-refractivity contribution < 1.29 is 4.79 Å². The summed E-state index contributed by atoms with van der Waals surface area (Å²) in [7, 11) is 0. The second-order valence-corrected chi connectivity index (χ2v) is 6.34. The molecule has 3 heteroatoms. The summed E-state index contributed by atoms with van der Waals surface area (Å²) in [4.78, 5) is 10.8. The summed E-state index contributed by atoms with van der Waals surface area (Å²) in [5, 5.41) is 2.59. The maximum absolute atomic E-state index is 10.8. The highest BCUT2D eigenvalue weighted by atomic mass is 32.1. The van der Waals surface area contributed by atoms with Gasteiger partial charge in [-0.25, -0.2) is 0 Å². The molecule has 0 aliphatic carbocycles. The number of carbonyl (C=O) groups is 1. The predicted molar refractivity (Wildman–Crippen MR) is 80.1 cm³/mol. The molecule has 4 aromatic rings. The van der Waals surface area contributed by atoms with Gasteiger partial charge in [0.1, 0.15) is 6.29 Å². The van der Waals surface area contributed by atoms with Crippen molar-refractivity contribution in [2.24, 2.45) is 0 Å². The van der Waals surface area contributed by atoms with Gasteiger partial charge in [-0.05, 0) is 12.1 Å². The summed E-state index contributed by atoms with van der Waals surface area (Å²) in [6, 6.07) is 14.4. The minimum atomic E-state index is 0.751. The van der Waals surface area contributed by atoms with Crippen LogP contribution in [0.2, 0.25) is 0 Å². The van der Waals surface area contributed by atoms with Gasteiger partial charge in [0.2, 0.25) is 0 Å². The molecule has 0 aliphatic heterocycles. The molecular weight excluding hydrogens is 260 g/mol. The highest BCUT2D eigenvalue weighted by molar-refractivity contribution is 7.36. The van der Waals surface area contributed by atoms with Crippen molar-refractivity contribution in [1.29, 1.82) is 0 Å². The smallest absolute Gasteiger partial charge is 0.150 e. The predicted octanol–water partition coefficient (Wildman–Crippen LogP) is 5.08. The zero-order chi connectivity index (χ0) is 12.1. The van der Waals surface area contributed by atoms with Crippen LogP contribution in [0, 0.1) is 0 Å². The van der Waals surface area contributed by atoms with Crippen LogP contribution in [-0.2, 0) is 0 Å². The lowest BCUT2D eigenvalue weighted by Crippen LogP contribution is -1.75. The molecule has 0 atom stereocenters. The van der Waals surface area contributed by atoms with Crippen LogP contribution in [0.5, 0.6) is 0 Å². The Bertz CT molecular complexity index is 899. The minimum absolute atomic E-state index is 0.751. The first-order valence-corrected chi connectivity index (χ1v) is 7.29. The molecule has 18 heavy (non-hydrogen) atoms. The third-order valence-corrected chi connectivity index (χ3v) is 5.67. The van der Waals surface area contributed by atoms with E-state index >= 15 is 0 Å². The maximum atomic E-state index is 10.8. The van der Waals surface area contributed by atoms with E-state index in [1.54, 1.807) is 11.3 Å². The van der Waals surface area contributed by atoms with Crippen molar-refractivity contribution in [2.45, 2.75) is 0 Å². The standard InChI is InChI=1S/C15H8OS2/c16-8-9-5-6-11-13(7-9)18-14-10-3-1-2-4-12(10)17-15(11)14/h1-8H. The fraction of sp³-hybridized carbons (Fsp3) is 0. The van der Waals surface area contributed by atoms with Crippen molar-refractivity contribution in [3.8, 4) is 0 Å². The summed E-state index contributed by atoms with van der Waals surface area (Å²) >= 11 is 3.61. The summed E-state index contributed by atoms with van der Waals surface area (Å²) in [5.74, 6) is 0. The first-order chi connectivity index (χ1) is 8.86. The van der Waals surface area contributed by atoms with E-state index in [0.717, 1.165) is 11.8 Å². The van der Waals surface area contributed by atoms with E-state index in [-0.39, 0.29) is 0 Å². The molecule has 0 radical (unpaired) electrons. The lowest BCUT2D eigenvalue weighted by molar-refractivity contribution is 0.112. The van der Waals surface area contributed by atoms with Crippen molar-refractivity contribution >= 4 is 58.5 Å². The SMILES string of the molecule is O=Cc1ccc2c(c1)sc1c3ccccc3sc21. The number of thiophene rings is 2. The monoisotopic (exact) mass is 268 g/mol. The minimum Gasteiger partial charge on any atom is -0.298 e. The van der Waals surface area contributed by atoms with Gasteiger partial charge in [-0.1, -0.05) is 30.3 Å². The number of hydrogen-bond acceptors (Lipinski definition) is 3. The highest BCUT2D eigenvalue weighted by Crippen LogP contribution is 2.43. The summed E-state index contributed by atoms with van der Waals surface area (Å²) in [6.07, 6.45) is 0.908. The first kappa shape index (κ1) is 10.2. The molecule has 2 aromatic heterocycles. The van der Waals surface area contributed by atoms with E-state index in [0.29, 0.717) is 0 Å². The highest BCUT2D eigenvalue weighted by Gasteiger charge is 2.11. The normalized spacial score (nSPS) is 11.6. The van der Waals surface area contributed by atoms with Crippen LogP contribution < -0.4 is 0 Å². The number of aldehydes is 1. The van der Waals surface area contributed by atoms with E-state index in [2.05, 4.69) is 30.3 Å². The Hall–Kier alpha value is -1.71. The molecule has 0 amide bonds. The number of rotatable bonds is 1. The molecule has 0 fully saturated rings. The van der Waals surface area contributed by atoms with Gasteiger partial charge in [-0.15, -0.1) is 22.7 Å². The zero-order valence-corrected chi connectivity index (χ0v) is 11.0. The van der Waals surface area contributed by atoms with E-state index < -0.39 is 0 Å². The van der Waals surface area contributed by atoms with Crippen LogP contribution in [-0.4, -0.2) is 6.29 Å². The van der Waals surface area contributed by atoms with Gasteiger partial charge in [0, 0.05) is 25.7 Å². The van der Waals surface area contributed by atoms with Crippen LogP contribution in [0.1, 0.15) is 10.4 Å². The Labute approximate surface area is 111 Å². The fourth-order valence-corrected chi connectivity index (χ4v) is 5.00. The Balaban J connectivity index is 2.22. The summed E-state index contributed by atoms with van der Waals surface area (Å²) in [6.45, 7) is 0. The Kier molecular flexibility index (Phi) is 2.07. The van der Waals surface area contributed by atoms with E-state index in [1.807, 2.05) is 23.5 Å². The van der Waals surface area contributed by atoms with Crippen LogP contribution in [0.4, 0.5) is 0 Å². The number of fused-ring (bicyclic) bond motifs is 5. The Morgan fingerprint density at radius 1 is 0.833 bits per heavy atom. The molecule has 2 aromatic carbocycles. The third-order valence-electron chi connectivity index (χ3n) is 3.15. The van der Waals surface area contributed by atoms with Gasteiger partial charge in [-0.3, -0.25) is 4.79 Å². The molecule has 86 valence electrons. The number of benzene rings is 2. The van der Waals surface area contributed by atoms with E-state index in [9.17, 15) is 4.79 Å². The van der Waals surface area contributed by atoms with Gasteiger partial charge in [-0.2, -0.15) is 0 Å². The molecule has 4 rings (SSSR count). The quantitative estimate of drug-likeness (QED) is 0.440. The number of carbonyl (C=O) groups excluding carboxylic acids is 1.